The van der Waals surface area contributed by atoms with E-state index in [1.165, 1.54) is 11.8 Å². The van der Waals surface area contributed by atoms with Gasteiger partial charge < -0.3 is 0 Å². The van der Waals surface area contributed by atoms with E-state index in [9.17, 15) is 4.79 Å². The zero-order valence-electron chi connectivity index (χ0n) is 7.85. The average molecular weight is 259 g/mol. The molecule has 0 bridgehead atoms. The van der Waals surface area contributed by atoms with Gasteiger partial charge in [0.05, 0.1) is 0 Å². The van der Waals surface area contributed by atoms with Crippen molar-refractivity contribution >= 4 is 32.8 Å². The van der Waals surface area contributed by atoms with Crippen molar-refractivity contribution in [3.8, 4) is 0 Å². The highest BCUT2D eigenvalue weighted by atomic mass is 79.9. The Bertz CT molecular complexity index is 347. The fraction of sp³-hybridized carbons (Fsp3) is 0.300. The summed E-state index contributed by atoms with van der Waals surface area (Å²) in [7, 11) is 0. The highest BCUT2D eigenvalue weighted by Gasteiger charge is 2.12. The molecule has 70 valence electrons. The molecule has 3 heteroatoms. The van der Waals surface area contributed by atoms with Crippen LogP contribution in [0, 0.1) is 13.8 Å². The van der Waals surface area contributed by atoms with Gasteiger partial charge in [0.15, 0.2) is 0 Å². The highest BCUT2D eigenvalue weighted by Crippen LogP contribution is 2.25. The first-order chi connectivity index (χ1) is 6.07. The van der Waals surface area contributed by atoms with Gasteiger partial charge in [-0.15, -0.1) is 0 Å². The van der Waals surface area contributed by atoms with E-state index in [4.69, 9.17) is 0 Å². The first-order valence-corrected chi connectivity index (χ1v) is 5.93. The number of aryl methyl sites for hydroxylation is 1. The minimum absolute atomic E-state index is 0.135. The number of hydrogen-bond acceptors (Lipinski definition) is 2. The zero-order valence-corrected chi connectivity index (χ0v) is 10.3. The molecule has 0 atom stereocenters. The van der Waals surface area contributed by atoms with E-state index in [1.54, 1.807) is 0 Å². The van der Waals surface area contributed by atoms with Crippen molar-refractivity contribution in [1.29, 1.82) is 0 Å². The second-order valence-electron chi connectivity index (χ2n) is 2.86. The number of halogens is 1. The van der Waals surface area contributed by atoms with Crippen LogP contribution in [0.25, 0.3) is 0 Å². The zero-order chi connectivity index (χ0) is 10.0. The minimum Gasteiger partial charge on any atom is -0.282 e. The number of carbonyl (C=O) groups is 1. The van der Waals surface area contributed by atoms with Crippen molar-refractivity contribution in [2.45, 2.75) is 13.8 Å². The Morgan fingerprint density at radius 1 is 1.38 bits per heavy atom. The van der Waals surface area contributed by atoms with Crippen LogP contribution in [0.1, 0.15) is 21.5 Å². The molecule has 0 fully saturated rings. The van der Waals surface area contributed by atoms with E-state index in [1.807, 2.05) is 32.2 Å². The smallest absolute Gasteiger partial charge is 0.219 e. The molecule has 0 amide bonds. The van der Waals surface area contributed by atoms with Gasteiger partial charge in [0.25, 0.3) is 0 Å². The summed E-state index contributed by atoms with van der Waals surface area (Å²) in [5, 5.41) is 0.135. The van der Waals surface area contributed by atoms with E-state index in [-0.39, 0.29) is 5.12 Å². The minimum atomic E-state index is 0.135. The molecule has 13 heavy (non-hydrogen) atoms. The van der Waals surface area contributed by atoms with Crippen LogP contribution in [0.15, 0.2) is 16.6 Å². The topological polar surface area (TPSA) is 17.1 Å². The summed E-state index contributed by atoms with van der Waals surface area (Å²) in [6.45, 7) is 3.92. The lowest BCUT2D eigenvalue weighted by atomic mass is 10.0. The third kappa shape index (κ3) is 2.15. The largest absolute Gasteiger partial charge is 0.282 e. The molecular formula is C10H11BrOS. The monoisotopic (exact) mass is 258 g/mol. The van der Waals surface area contributed by atoms with Crippen LogP contribution < -0.4 is 0 Å². The van der Waals surface area contributed by atoms with Crippen molar-refractivity contribution in [2.75, 3.05) is 6.26 Å². The van der Waals surface area contributed by atoms with E-state index < -0.39 is 0 Å². The van der Waals surface area contributed by atoms with Crippen molar-refractivity contribution < 1.29 is 4.79 Å². The maximum atomic E-state index is 11.5. The van der Waals surface area contributed by atoms with E-state index in [0.717, 1.165) is 21.2 Å². The van der Waals surface area contributed by atoms with Crippen LogP contribution in [-0.4, -0.2) is 11.4 Å². The Labute approximate surface area is 91.0 Å². The van der Waals surface area contributed by atoms with Gasteiger partial charge in [0, 0.05) is 10.0 Å². The number of rotatable bonds is 1. The lowest BCUT2D eigenvalue weighted by molar-refractivity contribution is 0.108. The quantitative estimate of drug-likeness (QED) is 0.766. The second kappa shape index (κ2) is 4.29. The number of hydrogen-bond donors (Lipinski definition) is 0. The van der Waals surface area contributed by atoms with Crippen molar-refractivity contribution in [3.63, 3.8) is 0 Å². The van der Waals surface area contributed by atoms with Crippen LogP contribution in [0.2, 0.25) is 0 Å². The normalized spacial score (nSPS) is 10.2. The Morgan fingerprint density at radius 2 is 2.00 bits per heavy atom. The Kier molecular flexibility index (Phi) is 3.56. The molecule has 1 aromatic carbocycles. The maximum absolute atomic E-state index is 11.5. The van der Waals surface area contributed by atoms with Gasteiger partial charge in [-0.05, 0) is 37.3 Å². The molecule has 0 aliphatic rings. The predicted octanol–water partition coefficient (Wildman–Crippen LogP) is 3.57. The van der Waals surface area contributed by atoms with Gasteiger partial charge >= 0.3 is 0 Å². The summed E-state index contributed by atoms with van der Waals surface area (Å²) in [4.78, 5) is 11.5. The molecular weight excluding hydrogens is 248 g/mol. The number of benzene rings is 1. The van der Waals surface area contributed by atoms with Crippen LogP contribution >= 0.6 is 27.7 Å². The standard InChI is InChI=1S/C10H11BrOS/c1-6-4-5-8(11)7(2)9(6)10(12)13-3/h4-5H,1-3H3. The molecule has 0 saturated heterocycles. The third-order valence-corrected chi connectivity index (χ3v) is 3.43. The molecule has 0 aliphatic carbocycles. The molecule has 0 aliphatic heterocycles. The molecule has 0 N–H and O–H groups in total. The van der Waals surface area contributed by atoms with E-state index >= 15 is 0 Å². The Morgan fingerprint density at radius 3 is 2.54 bits per heavy atom. The summed E-state index contributed by atoms with van der Waals surface area (Å²) in [5.41, 5.74) is 2.90. The highest BCUT2D eigenvalue weighted by molar-refractivity contribution is 9.10. The summed E-state index contributed by atoms with van der Waals surface area (Å²) >= 11 is 4.67. The average Bonchev–Trinajstić information content (AvgIpc) is 2.12. The molecule has 0 spiro atoms. The van der Waals surface area contributed by atoms with E-state index in [2.05, 4.69) is 15.9 Å². The van der Waals surface area contributed by atoms with Gasteiger partial charge in [-0.25, -0.2) is 0 Å². The van der Waals surface area contributed by atoms with Gasteiger partial charge in [-0.1, -0.05) is 33.8 Å². The van der Waals surface area contributed by atoms with E-state index in [0.29, 0.717) is 0 Å². The lowest BCUT2D eigenvalue weighted by Gasteiger charge is -2.08. The Hall–Kier alpha value is -0.280. The third-order valence-electron chi connectivity index (χ3n) is 2.00. The van der Waals surface area contributed by atoms with Gasteiger partial charge in [0.1, 0.15) is 0 Å². The molecule has 1 rings (SSSR count). The first-order valence-electron chi connectivity index (χ1n) is 3.92. The van der Waals surface area contributed by atoms with Gasteiger partial charge in [-0.2, -0.15) is 0 Å². The molecule has 1 nitrogen and oxygen atoms in total. The van der Waals surface area contributed by atoms with Crippen LogP contribution in [0.3, 0.4) is 0 Å². The fourth-order valence-corrected chi connectivity index (χ4v) is 2.09. The summed E-state index contributed by atoms with van der Waals surface area (Å²) in [6.07, 6.45) is 1.81. The molecule has 0 radical (unpaired) electrons. The van der Waals surface area contributed by atoms with Crippen molar-refractivity contribution in [3.05, 3.63) is 33.3 Å². The lowest BCUT2D eigenvalue weighted by Crippen LogP contribution is -2.00. The molecule has 0 unspecified atom stereocenters. The Balaban J connectivity index is 3.33. The molecule has 0 saturated carbocycles. The van der Waals surface area contributed by atoms with Crippen LogP contribution in [0.4, 0.5) is 0 Å². The van der Waals surface area contributed by atoms with Crippen LogP contribution in [-0.2, 0) is 0 Å². The number of thioether (sulfide) groups is 1. The number of carbonyl (C=O) groups excluding carboxylic acids is 1. The van der Waals surface area contributed by atoms with Gasteiger partial charge in [0.2, 0.25) is 5.12 Å². The maximum Gasteiger partial charge on any atom is 0.219 e. The first kappa shape index (κ1) is 10.8. The van der Waals surface area contributed by atoms with Gasteiger partial charge in [-0.3, -0.25) is 4.79 Å². The summed E-state index contributed by atoms with van der Waals surface area (Å²) in [6, 6.07) is 3.93. The summed E-state index contributed by atoms with van der Waals surface area (Å²) in [5.74, 6) is 0. The second-order valence-corrected chi connectivity index (χ2v) is 4.49. The van der Waals surface area contributed by atoms with Crippen molar-refractivity contribution in [1.82, 2.24) is 0 Å². The molecule has 0 aromatic heterocycles. The SMILES string of the molecule is CSC(=O)c1c(C)ccc(Br)c1C. The van der Waals surface area contributed by atoms with Crippen molar-refractivity contribution in [2.24, 2.45) is 0 Å². The molecule has 1 aromatic rings. The van der Waals surface area contributed by atoms with Crippen LogP contribution in [0.5, 0.6) is 0 Å². The fourth-order valence-electron chi connectivity index (χ4n) is 1.24. The predicted molar refractivity (Wildman–Crippen MR) is 61.5 cm³/mol. The molecule has 0 heterocycles. The summed E-state index contributed by atoms with van der Waals surface area (Å²) < 4.78 is 0.996.